The van der Waals surface area contributed by atoms with Crippen molar-refractivity contribution in [2.75, 3.05) is 19.4 Å². The van der Waals surface area contributed by atoms with Crippen LogP contribution in [0.5, 0.6) is 5.75 Å². The van der Waals surface area contributed by atoms with Crippen molar-refractivity contribution in [2.45, 2.75) is 31.7 Å². The third kappa shape index (κ3) is 8.44. The first-order valence-electron chi connectivity index (χ1n) is 11.6. The Balaban J connectivity index is 1.80. The first kappa shape index (κ1) is 26.8. The second-order valence-corrected chi connectivity index (χ2v) is 9.99. The fourth-order valence-electron chi connectivity index (χ4n) is 3.74. The van der Waals surface area contributed by atoms with Gasteiger partial charge in [-0.15, -0.1) is 11.8 Å². The molecule has 0 aromatic heterocycles. The van der Waals surface area contributed by atoms with Gasteiger partial charge in [0.25, 0.3) is 0 Å². The zero-order chi connectivity index (χ0) is 25.0. The van der Waals surface area contributed by atoms with Crippen molar-refractivity contribution >= 4 is 39.5 Å². The molecule has 0 saturated heterocycles. The molecule has 2 amide bonds. The molecule has 3 rings (SSSR count). The minimum atomic E-state index is -0.606. The molecule has 0 fully saturated rings. The number of rotatable bonds is 12. The van der Waals surface area contributed by atoms with Gasteiger partial charge in [-0.3, -0.25) is 9.59 Å². The van der Waals surface area contributed by atoms with Crippen LogP contribution in [0.3, 0.4) is 0 Å². The summed E-state index contributed by atoms with van der Waals surface area (Å²) in [6.07, 6.45) is 0.454. The lowest BCUT2D eigenvalue weighted by molar-refractivity contribution is -0.139. The zero-order valence-corrected chi connectivity index (χ0v) is 22.5. The zero-order valence-electron chi connectivity index (χ0n) is 20.1. The molecule has 0 aliphatic heterocycles. The van der Waals surface area contributed by atoms with Crippen molar-refractivity contribution in [2.24, 2.45) is 0 Å². The lowest BCUT2D eigenvalue weighted by Crippen LogP contribution is -2.51. The number of halogens is 1. The lowest BCUT2D eigenvalue weighted by Gasteiger charge is -2.31. The van der Waals surface area contributed by atoms with Crippen LogP contribution >= 0.6 is 27.7 Å². The molecule has 0 aliphatic rings. The second kappa shape index (κ2) is 14.0. The molecule has 0 saturated carbocycles. The van der Waals surface area contributed by atoms with Crippen molar-refractivity contribution in [3.8, 4) is 5.75 Å². The summed E-state index contributed by atoms with van der Waals surface area (Å²) < 4.78 is 6.16. The number of carbonyl (C=O) groups is 2. The summed E-state index contributed by atoms with van der Waals surface area (Å²) in [6, 6.07) is 24.9. The standard InChI is InChI=1S/C28H31BrN2O3S/c1-3-30-28(33)26(17-21-8-5-4-6-9-21)31(18-23-10-7-11-24(29)16-23)27(32)20-35-19-22-12-14-25(34-2)15-13-22/h4-16,26H,3,17-20H2,1-2H3,(H,30,33)/t26-/m1/s1. The number of carbonyl (C=O) groups excluding carboxylic acids is 2. The maximum atomic E-state index is 13.6. The first-order chi connectivity index (χ1) is 17.0. The summed E-state index contributed by atoms with van der Waals surface area (Å²) >= 11 is 5.06. The van der Waals surface area contributed by atoms with Crippen LogP contribution in [0.4, 0.5) is 0 Å². The number of methoxy groups -OCH3 is 1. The predicted molar refractivity (Wildman–Crippen MR) is 146 cm³/mol. The summed E-state index contributed by atoms with van der Waals surface area (Å²) in [4.78, 5) is 28.5. The van der Waals surface area contributed by atoms with Crippen LogP contribution < -0.4 is 10.1 Å². The van der Waals surface area contributed by atoms with Gasteiger partial charge in [0.2, 0.25) is 11.8 Å². The molecule has 35 heavy (non-hydrogen) atoms. The van der Waals surface area contributed by atoms with Crippen molar-refractivity contribution in [3.05, 3.63) is 100 Å². The number of nitrogens with zero attached hydrogens (tertiary/aromatic N) is 1. The van der Waals surface area contributed by atoms with Crippen molar-refractivity contribution in [1.82, 2.24) is 10.2 Å². The van der Waals surface area contributed by atoms with Crippen molar-refractivity contribution in [3.63, 3.8) is 0 Å². The molecule has 1 atom stereocenters. The van der Waals surface area contributed by atoms with E-state index in [2.05, 4.69) is 21.2 Å². The van der Waals surface area contributed by atoms with E-state index in [4.69, 9.17) is 4.74 Å². The van der Waals surface area contributed by atoms with Gasteiger partial charge in [0.1, 0.15) is 11.8 Å². The Morgan fingerprint density at radius 3 is 2.34 bits per heavy atom. The average Bonchev–Trinajstić information content (AvgIpc) is 2.87. The molecule has 0 bridgehead atoms. The summed E-state index contributed by atoms with van der Waals surface area (Å²) in [7, 11) is 1.64. The Kier molecular flexibility index (Phi) is 10.7. The monoisotopic (exact) mass is 554 g/mol. The summed E-state index contributed by atoms with van der Waals surface area (Å²) in [5.41, 5.74) is 3.10. The van der Waals surface area contributed by atoms with E-state index in [1.165, 1.54) is 0 Å². The normalized spacial score (nSPS) is 11.5. The van der Waals surface area contributed by atoms with E-state index in [0.717, 1.165) is 26.9 Å². The Labute approximate surface area is 220 Å². The van der Waals surface area contributed by atoms with Gasteiger partial charge < -0.3 is 15.0 Å². The number of benzene rings is 3. The van der Waals surface area contributed by atoms with Gasteiger partial charge in [0.05, 0.1) is 12.9 Å². The predicted octanol–water partition coefficient (Wildman–Crippen LogP) is 5.47. The van der Waals surface area contributed by atoms with Gasteiger partial charge in [-0.1, -0.05) is 70.5 Å². The quantitative estimate of drug-likeness (QED) is 0.322. The smallest absolute Gasteiger partial charge is 0.243 e. The van der Waals surface area contributed by atoms with Crippen LogP contribution in [-0.2, 0) is 28.3 Å². The fraction of sp³-hybridized carbons (Fsp3) is 0.286. The minimum absolute atomic E-state index is 0.0596. The van der Waals surface area contributed by atoms with E-state index < -0.39 is 6.04 Å². The second-order valence-electron chi connectivity index (χ2n) is 8.09. The minimum Gasteiger partial charge on any atom is -0.497 e. The van der Waals surface area contributed by atoms with E-state index >= 15 is 0 Å². The maximum absolute atomic E-state index is 13.6. The number of amides is 2. The number of ether oxygens (including phenoxy) is 1. The van der Waals surface area contributed by atoms with E-state index in [0.29, 0.717) is 25.3 Å². The molecule has 7 heteroatoms. The molecule has 0 radical (unpaired) electrons. The molecule has 3 aromatic rings. The molecular weight excluding hydrogens is 524 g/mol. The van der Waals surface area contributed by atoms with Gasteiger partial charge in [-0.05, 0) is 47.9 Å². The Hall–Kier alpha value is -2.77. The van der Waals surface area contributed by atoms with Crippen LogP contribution in [0.15, 0.2) is 83.3 Å². The third-order valence-electron chi connectivity index (χ3n) is 5.52. The first-order valence-corrected chi connectivity index (χ1v) is 13.5. The topological polar surface area (TPSA) is 58.6 Å². The van der Waals surface area contributed by atoms with Gasteiger partial charge in [0.15, 0.2) is 0 Å². The molecule has 3 aromatic carbocycles. The van der Waals surface area contributed by atoms with E-state index in [1.807, 2.05) is 85.8 Å². The highest BCUT2D eigenvalue weighted by Gasteiger charge is 2.30. The van der Waals surface area contributed by atoms with Gasteiger partial charge >= 0.3 is 0 Å². The Bertz CT molecular complexity index is 1090. The largest absolute Gasteiger partial charge is 0.497 e. The maximum Gasteiger partial charge on any atom is 0.243 e. The molecular formula is C28H31BrN2O3S. The van der Waals surface area contributed by atoms with Crippen LogP contribution in [0.1, 0.15) is 23.6 Å². The van der Waals surface area contributed by atoms with E-state index in [9.17, 15) is 9.59 Å². The SMILES string of the molecule is CCNC(=O)[C@@H](Cc1ccccc1)N(Cc1cccc(Br)c1)C(=O)CSCc1ccc(OC)cc1. The molecule has 1 N–H and O–H groups in total. The van der Waals surface area contributed by atoms with Crippen LogP contribution in [0, 0.1) is 0 Å². The number of nitrogens with one attached hydrogen (secondary N) is 1. The highest BCUT2D eigenvalue weighted by atomic mass is 79.9. The number of hydrogen-bond acceptors (Lipinski definition) is 4. The van der Waals surface area contributed by atoms with E-state index in [1.54, 1.807) is 23.8 Å². The van der Waals surface area contributed by atoms with Gasteiger partial charge in [0, 0.05) is 29.7 Å². The molecule has 0 aliphatic carbocycles. The highest BCUT2D eigenvalue weighted by molar-refractivity contribution is 9.10. The van der Waals surface area contributed by atoms with Crippen molar-refractivity contribution in [1.29, 1.82) is 0 Å². The Morgan fingerprint density at radius 2 is 1.69 bits per heavy atom. The Morgan fingerprint density at radius 1 is 0.971 bits per heavy atom. The molecule has 0 heterocycles. The number of hydrogen-bond donors (Lipinski definition) is 1. The van der Waals surface area contributed by atoms with E-state index in [-0.39, 0.29) is 17.6 Å². The summed E-state index contributed by atoms with van der Waals surface area (Å²) in [6.45, 7) is 2.76. The molecule has 184 valence electrons. The molecule has 0 spiro atoms. The van der Waals surface area contributed by atoms with Gasteiger partial charge in [-0.25, -0.2) is 0 Å². The molecule has 5 nitrogen and oxygen atoms in total. The number of likely N-dealkylation sites (N-methyl/N-ethyl adjacent to an activating group) is 1. The lowest BCUT2D eigenvalue weighted by atomic mass is 10.0. The molecule has 0 unspecified atom stereocenters. The van der Waals surface area contributed by atoms with Crippen LogP contribution in [-0.4, -0.2) is 42.2 Å². The van der Waals surface area contributed by atoms with Crippen LogP contribution in [0.2, 0.25) is 0 Å². The van der Waals surface area contributed by atoms with Crippen molar-refractivity contribution < 1.29 is 14.3 Å². The van der Waals surface area contributed by atoms with Crippen LogP contribution in [0.25, 0.3) is 0 Å². The number of thioether (sulfide) groups is 1. The summed E-state index contributed by atoms with van der Waals surface area (Å²) in [5.74, 6) is 1.59. The van der Waals surface area contributed by atoms with Gasteiger partial charge in [-0.2, -0.15) is 0 Å². The third-order valence-corrected chi connectivity index (χ3v) is 7.00. The highest BCUT2D eigenvalue weighted by Crippen LogP contribution is 2.21. The average molecular weight is 556 g/mol. The fourth-order valence-corrected chi connectivity index (χ4v) is 5.06. The summed E-state index contributed by atoms with van der Waals surface area (Å²) in [5, 5.41) is 2.93.